The first-order valence-electron chi connectivity index (χ1n) is 15.6. The van der Waals surface area contributed by atoms with Crippen LogP contribution in [-0.2, 0) is 19.1 Å². The van der Waals surface area contributed by atoms with Gasteiger partial charge in [-0.1, -0.05) is 46.8 Å². The van der Waals surface area contributed by atoms with E-state index < -0.39 is 0 Å². The zero-order valence-electron chi connectivity index (χ0n) is 25.6. The van der Waals surface area contributed by atoms with Gasteiger partial charge in [0, 0.05) is 24.7 Å². The normalized spacial score (nSPS) is 49.1. The first-order chi connectivity index (χ1) is 17.6. The maximum atomic E-state index is 11.9. The van der Waals surface area contributed by atoms with Crippen molar-refractivity contribution in [2.24, 2.45) is 56.7 Å². The van der Waals surface area contributed by atoms with E-state index in [1.54, 1.807) is 13.8 Å². The van der Waals surface area contributed by atoms with Gasteiger partial charge in [-0.15, -0.1) is 0 Å². The molecule has 0 saturated heterocycles. The molecule has 0 aromatic heterocycles. The molecule has 5 aliphatic rings. The molecule has 4 nitrogen and oxygen atoms in total. The molecule has 38 heavy (non-hydrogen) atoms. The van der Waals surface area contributed by atoms with Crippen LogP contribution in [0.3, 0.4) is 0 Å². The van der Waals surface area contributed by atoms with Crippen molar-refractivity contribution in [3.63, 3.8) is 0 Å². The first kappa shape index (κ1) is 28.2. The van der Waals surface area contributed by atoms with E-state index in [0.717, 1.165) is 12.8 Å². The van der Waals surface area contributed by atoms with Gasteiger partial charge in [-0.05, 0) is 117 Å². The third-order valence-corrected chi connectivity index (χ3v) is 14.0. The summed E-state index contributed by atoms with van der Waals surface area (Å²) in [5.41, 5.74) is 2.30. The number of hydrogen-bond donors (Lipinski definition) is 0. The molecular weight excluding hydrogens is 472 g/mol. The van der Waals surface area contributed by atoms with Gasteiger partial charge in [-0.2, -0.15) is 0 Å². The largest absolute Gasteiger partial charge is 0.465 e. The van der Waals surface area contributed by atoms with Gasteiger partial charge in [0.25, 0.3) is 0 Å². The maximum absolute atomic E-state index is 11.9. The van der Waals surface area contributed by atoms with E-state index in [1.165, 1.54) is 56.9 Å². The van der Waals surface area contributed by atoms with Crippen LogP contribution in [0.15, 0.2) is 12.2 Å². The summed E-state index contributed by atoms with van der Waals surface area (Å²) < 4.78 is 11.7. The molecule has 0 aromatic carbocycles. The predicted octanol–water partition coefficient (Wildman–Crippen LogP) is 8.14. The molecule has 0 bridgehead atoms. The van der Waals surface area contributed by atoms with Crippen LogP contribution in [0, 0.1) is 56.7 Å². The Balaban J connectivity index is 1.49. The van der Waals surface area contributed by atoms with E-state index in [4.69, 9.17) is 9.47 Å². The van der Waals surface area contributed by atoms with Gasteiger partial charge in [-0.3, -0.25) is 9.59 Å². The number of rotatable bonds is 4. The molecule has 0 heterocycles. The molecule has 5 fully saturated rings. The lowest BCUT2D eigenvalue weighted by atomic mass is 9.32. The van der Waals surface area contributed by atoms with Crippen molar-refractivity contribution in [1.82, 2.24) is 0 Å². The Morgan fingerprint density at radius 3 is 2.11 bits per heavy atom. The zero-order chi connectivity index (χ0) is 27.9. The number of allylic oxidation sites excluding steroid dienone is 1. The van der Waals surface area contributed by atoms with Crippen molar-refractivity contribution < 1.29 is 19.1 Å². The number of ether oxygens (including phenoxy) is 2. The number of hydrogen-bond acceptors (Lipinski definition) is 4. The lowest BCUT2D eigenvalue weighted by Gasteiger charge is -2.73. The van der Waals surface area contributed by atoms with E-state index >= 15 is 0 Å². The fourth-order valence-corrected chi connectivity index (χ4v) is 12.2. The highest BCUT2D eigenvalue weighted by atomic mass is 16.5. The summed E-state index contributed by atoms with van der Waals surface area (Å²) in [5.74, 6) is 2.76. The van der Waals surface area contributed by atoms with Gasteiger partial charge in [0.2, 0.25) is 0 Å². The van der Waals surface area contributed by atoms with Gasteiger partial charge in [0.05, 0.1) is 6.61 Å². The summed E-state index contributed by atoms with van der Waals surface area (Å²) >= 11 is 0. The Morgan fingerprint density at radius 2 is 1.47 bits per heavy atom. The van der Waals surface area contributed by atoms with Crippen LogP contribution >= 0.6 is 0 Å². The molecule has 10 atom stereocenters. The molecule has 0 amide bonds. The summed E-state index contributed by atoms with van der Waals surface area (Å²) in [7, 11) is 0. The van der Waals surface area contributed by atoms with Crippen LogP contribution in [0.5, 0.6) is 0 Å². The molecule has 5 saturated carbocycles. The maximum Gasteiger partial charge on any atom is 0.302 e. The molecule has 5 aliphatic carbocycles. The molecule has 0 spiro atoms. The second-order valence-corrected chi connectivity index (χ2v) is 15.8. The van der Waals surface area contributed by atoms with Gasteiger partial charge in [-0.25, -0.2) is 0 Å². The highest BCUT2D eigenvalue weighted by Crippen LogP contribution is 2.77. The minimum Gasteiger partial charge on any atom is -0.465 e. The fourth-order valence-electron chi connectivity index (χ4n) is 12.2. The molecule has 5 rings (SSSR count). The monoisotopic (exact) mass is 526 g/mol. The average molecular weight is 527 g/mol. The molecule has 4 heteroatoms. The van der Waals surface area contributed by atoms with Crippen LogP contribution in [0.2, 0.25) is 0 Å². The van der Waals surface area contributed by atoms with Crippen molar-refractivity contribution >= 4 is 11.9 Å². The molecular formula is C34H54O4. The van der Waals surface area contributed by atoms with Crippen molar-refractivity contribution in [2.75, 3.05) is 6.61 Å². The van der Waals surface area contributed by atoms with Crippen molar-refractivity contribution in [1.29, 1.82) is 0 Å². The summed E-state index contributed by atoms with van der Waals surface area (Å²) in [6, 6.07) is 0. The molecule has 0 radical (unpaired) electrons. The number of fused-ring (bicyclic) bond motifs is 7. The van der Waals surface area contributed by atoms with Gasteiger partial charge in [0.15, 0.2) is 0 Å². The Labute approximate surface area is 232 Å². The van der Waals surface area contributed by atoms with E-state index in [9.17, 15) is 9.59 Å². The third kappa shape index (κ3) is 3.80. The zero-order valence-corrected chi connectivity index (χ0v) is 25.6. The Kier molecular flexibility index (Phi) is 6.76. The topological polar surface area (TPSA) is 52.6 Å². The smallest absolute Gasteiger partial charge is 0.302 e. The minimum atomic E-state index is -0.140. The fraction of sp³-hybridized carbons (Fsp3) is 0.882. The molecule has 0 aliphatic heterocycles. The number of carbonyl (C=O) groups excluding carboxylic acids is 2. The number of esters is 2. The second-order valence-electron chi connectivity index (χ2n) is 15.8. The lowest BCUT2D eigenvalue weighted by Crippen LogP contribution is -2.67. The van der Waals surface area contributed by atoms with Crippen molar-refractivity contribution in [3.8, 4) is 0 Å². The van der Waals surface area contributed by atoms with Crippen LogP contribution < -0.4 is 0 Å². The Hall–Kier alpha value is -1.32. The first-order valence-corrected chi connectivity index (χ1v) is 15.6. The highest BCUT2D eigenvalue weighted by Gasteiger charge is 2.71. The van der Waals surface area contributed by atoms with Crippen molar-refractivity contribution in [2.45, 2.75) is 126 Å². The standard InChI is InChI=1S/C34H54O4/c1-21(2)24-12-17-34(20-37-22(3)35)19-18-32(8)25(29(24)34)10-11-27-31(7)15-14-28(38-23(4)36)30(5,6)26(31)13-16-33(27,32)9/h24-29H,1,10-20H2,2-9H3/t24-,25-,26-,27+,28-,29-,31-,32+,33+,34-/m0/s1. The second kappa shape index (κ2) is 9.10. The average Bonchev–Trinajstić information content (AvgIpc) is 3.20. The lowest BCUT2D eigenvalue weighted by molar-refractivity contribution is -0.252. The van der Waals surface area contributed by atoms with E-state index in [1.807, 2.05) is 0 Å². The molecule has 214 valence electrons. The Morgan fingerprint density at radius 1 is 0.763 bits per heavy atom. The highest BCUT2D eigenvalue weighted by molar-refractivity contribution is 5.66. The molecule has 0 N–H and O–H groups in total. The summed E-state index contributed by atoms with van der Waals surface area (Å²) in [4.78, 5) is 23.8. The number of carbonyl (C=O) groups is 2. The SMILES string of the molecule is C=C(C)[C@@H]1CC[C@@]2(COC(C)=O)CC[C@]3(C)[C@@H](CC[C@@H]4[C@@]5(C)CC[C@H](OC(C)=O)C(C)(C)[C@@H]5CC[C@]43C)[C@H]12. The molecule has 0 aromatic rings. The van der Waals surface area contributed by atoms with E-state index in [2.05, 4.69) is 48.1 Å². The molecule has 0 unspecified atom stereocenters. The van der Waals surface area contributed by atoms with Crippen LogP contribution in [0.25, 0.3) is 0 Å². The van der Waals surface area contributed by atoms with Crippen LogP contribution in [-0.4, -0.2) is 24.6 Å². The van der Waals surface area contributed by atoms with Gasteiger partial charge in [0.1, 0.15) is 6.10 Å². The van der Waals surface area contributed by atoms with Crippen molar-refractivity contribution in [3.05, 3.63) is 12.2 Å². The Bertz CT molecular complexity index is 998. The van der Waals surface area contributed by atoms with E-state index in [0.29, 0.717) is 41.6 Å². The van der Waals surface area contributed by atoms with Crippen LogP contribution in [0.1, 0.15) is 120 Å². The van der Waals surface area contributed by atoms with Gasteiger partial charge >= 0.3 is 11.9 Å². The van der Waals surface area contributed by atoms with Crippen LogP contribution in [0.4, 0.5) is 0 Å². The summed E-state index contributed by atoms with van der Waals surface area (Å²) in [5, 5.41) is 0. The quantitative estimate of drug-likeness (QED) is 0.274. The predicted molar refractivity (Wildman–Crippen MR) is 151 cm³/mol. The van der Waals surface area contributed by atoms with Gasteiger partial charge < -0.3 is 9.47 Å². The third-order valence-electron chi connectivity index (χ3n) is 14.0. The summed E-state index contributed by atoms with van der Waals surface area (Å²) in [6.45, 7) is 23.1. The van der Waals surface area contributed by atoms with E-state index in [-0.39, 0.29) is 39.7 Å². The summed E-state index contributed by atoms with van der Waals surface area (Å²) in [6.07, 6.45) is 12.0. The minimum absolute atomic E-state index is 0.00000109.